The minimum Gasteiger partial charge on any atom is -0.482 e. The van der Waals surface area contributed by atoms with Crippen LogP contribution < -0.4 is 15.4 Å². The van der Waals surface area contributed by atoms with Crippen LogP contribution >= 0.6 is 15.9 Å². The molecule has 2 aliphatic heterocycles. The van der Waals surface area contributed by atoms with Crippen LogP contribution in [0.4, 0.5) is 10.5 Å². The van der Waals surface area contributed by atoms with Crippen molar-refractivity contribution in [3.8, 4) is 5.75 Å². The van der Waals surface area contributed by atoms with Gasteiger partial charge in [-0.25, -0.2) is 4.79 Å². The van der Waals surface area contributed by atoms with Gasteiger partial charge in [0.25, 0.3) is 11.8 Å². The number of carbonyl (C=O) groups is 4. The third kappa shape index (κ3) is 3.27. The van der Waals surface area contributed by atoms with Crippen LogP contribution in [0.5, 0.6) is 5.75 Å². The minimum absolute atomic E-state index is 0.0869. The third-order valence-electron chi connectivity index (χ3n) is 4.92. The highest BCUT2D eigenvalue weighted by atomic mass is 79.9. The van der Waals surface area contributed by atoms with Crippen molar-refractivity contribution >= 4 is 45.2 Å². The van der Waals surface area contributed by atoms with Crippen molar-refractivity contribution < 1.29 is 23.9 Å². The van der Waals surface area contributed by atoms with E-state index in [1.165, 1.54) is 12.1 Å². The molecule has 2 aliphatic rings. The Kier molecular flexibility index (Phi) is 4.62. The number of fused-ring (bicyclic) bond motifs is 1. The molecule has 29 heavy (non-hydrogen) atoms. The van der Waals surface area contributed by atoms with E-state index in [2.05, 4.69) is 26.6 Å². The Morgan fingerprint density at radius 3 is 2.72 bits per heavy atom. The Morgan fingerprint density at radius 2 is 1.97 bits per heavy atom. The second kappa shape index (κ2) is 7.00. The van der Waals surface area contributed by atoms with Crippen LogP contribution in [0.25, 0.3) is 0 Å². The topological polar surface area (TPSA) is 105 Å². The minimum atomic E-state index is -1.28. The van der Waals surface area contributed by atoms with Crippen molar-refractivity contribution in [3.05, 3.63) is 58.1 Å². The van der Waals surface area contributed by atoms with E-state index in [9.17, 15) is 19.2 Å². The number of urea groups is 1. The van der Waals surface area contributed by atoms with Gasteiger partial charge in [-0.1, -0.05) is 34.1 Å². The summed E-state index contributed by atoms with van der Waals surface area (Å²) in [6.07, 6.45) is 0. The number of carbonyl (C=O) groups excluding carboxylic acids is 4. The molecule has 2 heterocycles. The fourth-order valence-electron chi connectivity index (χ4n) is 3.38. The van der Waals surface area contributed by atoms with Gasteiger partial charge in [-0.2, -0.15) is 0 Å². The number of amides is 4. The largest absolute Gasteiger partial charge is 0.482 e. The van der Waals surface area contributed by atoms with Crippen molar-refractivity contribution in [2.45, 2.75) is 12.5 Å². The summed E-state index contributed by atoms with van der Waals surface area (Å²) in [6.45, 7) is 1.10. The average molecular weight is 458 g/mol. The molecule has 1 unspecified atom stereocenters. The molecule has 148 valence electrons. The second-order valence-electron chi connectivity index (χ2n) is 6.90. The Bertz CT molecular complexity index is 1070. The first kappa shape index (κ1) is 19.1. The average Bonchev–Trinajstić information content (AvgIpc) is 2.91. The van der Waals surface area contributed by atoms with E-state index in [1.54, 1.807) is 37.3 Å². The van der Waals surface area contributed by atoms with Gasteiger partial charge >= 0.3 is 6.03 Å². The molecule has 2 aromatic rings. The number of rotatable bonds is 4. The van der Waals surface area contributed by atoms with E-state index in [0.29, 0.717) is 21.5 Å². The number of ketones is 1. The molecule has 1 fully saturated rings. The van der Waals surface area contributed by atoms with Crippen LogP contribution in [-0.4, -0.2) is 41.7 Å². The first-order valence-corrected chi connectivity index (χ1v) is 9.58. The molecule has 0 saturated carbocycles. The summed E-state index contributed by atoms with van der Waals surface area (Å²) in [7, 11) is 0. The normalized spacial score (nSPS) is 20.6. The maximum atomic E-state index is 13.0. The summed E-state index contributed by atoms with van der Waals surface area (Å²) in [6, 6.07) is 11.0. The smallest absolute Gasteiger partial charge is 0.325 e. The molecule has 2 aromatic carbocycles. The predicted octanol–water partition coefficient (Wildman–Crippen LogP) is 2.43. The lowest BCUT2D eigenvalue weighted by molar-refractivity contribution is -0.130. The quantitative estimate of drug-likeness (QED) is 0.541. The zero-order valence-corrected chi connectivity index (χ0v) is 16.9. The van der Waals surface area contributed by atoms with Gasteiger partial charge in [0.1, 0.15) is 11.3 Å². The van der Waals surface area contributed by atoms with E-state index >= 15 is 0 Å². The van der Waals surface area contributed by atoms with Gasteiger partial charge in [0.05, 0.1) is 12.2 Å². The highest BCUT2D eigenvalue weighted by Gasteiger charge is 2.50. The summed E-state index contributed by atoms with van der Waals surface area (Å²) < 4.78 is 5.94. The van der Waals surface area contributed by atoms with Crippen molar-refractivity contribution in [3.63, 3.8) is 0 Å². The summed E-state index contributed by atoms with van der Waals surface area (Å²) in [5.74, 6) is -0.817. The predicted molar refractivity (Wildman–Crippen MR) is 107 cm³/mol. The van der Waals surface area contributed by atoms with Gasteiger partial charge in [0, 0.05) is 15.6 Å². The lowest BCUT2D eigenvalue weighted by Gasteiger charge is -2.23. The molecule has 2 N–H and O–H groups in total. The maximum Gasteiger partial charge on any atom is 0.325 e. The van der Waals surface area contributed by atoms with Gasteiger partial charge in [-0.15, -0.1) is 0 Å². The SMILES string of the molecule is CC1(c2ccccc2Br)NC(=O)N(CC(=O)c2ccc3c(c2)NC(=O)CO3)C1=O. The van der Waals surface area contributed by atoms with E-state index in [1.807, 2.05) is 0 Å². The van der Waals surface area contributed by atoms with Crippen LogP contribution in [0.2, 0.25) is 0 Å². The Hall–Kier alpha value is -3.20. The molecule has 8 nitrogen and oxygen atoms in total. The number of imide groups is 1. The zero-order valence-electron chi connectivity index (χ0n) is 15.3. The Labute approximate surface area is 174 Å². The summed E-state index contributed by atoms with van der Waals surface area (Å²) in [5.41, 5.74) is -0.0521. The zero-order chi connectivity index (χ0) is 20.8. The first-order valence-electron chi connectivity index (χ1n) is 8.78. The fourth-order valence-corrected chi connectivity index (χ4v) is 4.06. The second-order valence-corrected chi connectivity index (χ2v) is 7.75. The van der Waals surface area contributed by atoms with Crippen LogP contribution in [0, 0.1) is 0 Å². The maximum absolute atomic E-state index is 13.0. The fraction of sp³-hybridized carbons (Fsp3) is 0.200. The van der Waals surface area contributed by atoms with Gasteiger partial charge in [0.15, 0.2) is 12.4 Å². The van der Waals surface area contributed by atoms with Gasteiger partial charge in [-0.3, -0.25) is 19.3 Å². The van der Waals surface area contributed by atoms with Crippen molar-refractivity contribution in [2.75, 3.05) is 18.5 Å². The monoisotopic (exact) mass is 457 g/mol. The van der Waals surface area contributed by atoms with Crippen LogP contribution in [0.3, 0.4) is 0 Å². The Balaban J connectivity index is 1.57. The van der Waals surface area contributed by atoms with Crippen molar-refractivity contribution in [1.29, 1.82) is 0 Å². The molecule has 9 heteroatoms. The number of ether oxygens (including phenoxy) is 1. The molecule has 0 bridgehead atoms. The van der Waals surface area contributed by atoms with Crippen LogP contribution in [0.15, 0.2) is 46.9 Å². The standard InChI is InChI=1S/C20H16BrN3O5/c1-20(12-4-2-3-5-13(12)21)18(27)24(19(28)23-20)9-15(25)11-6-7-16-14(8-11)22-17(26)10-29-16/h2-8H,9-10H2,1H3,(H,22,26)(H,23,28). The number of nitrogens with one attached hydrogen (secondary N) is 2. The molecular weight excluding hydrogens is 442 g/mol. The molecule has 0 radical (unpaired) electrons. The molecular formula is C20H16BrN3O5. The van der Waals surface area contributed by atoms with E-state index in [4.69, 9.17) is 4.74 Å². The van der Waals surface area contributed by atoms with Crippen LogP contribution in [-0.2, 0) is 15.1 Å². The van der Waals surface area contributed by atoms with E-state index < -0.39 is 29.8 Å². The number of hydrogen-bond acceptors (Lipinski definition) is 5. The molecule has 4 rings (SSSR count). The van der Waals surface area contributed by atoms with E-state index in [0.717, 1.165) is 4.90 Å². The summed E-state index contributed by atoms with van der Waals surface area (Å²) in [4.78, 5) is 50.6. The highest BCUT2D eigenvalue weighted by molar-refractivity contribution is 9.10. The number of Topliss-reactive ketones (excluding diaryl/α,β-unsaturated/α-hetero) is 1. The number of benzene rings is 2. The molecule has 0 aromatic heterocycles. The lowest BCUT2D eigenvalue weighted by atomic mass is 9.92. The van der Waals surface area contributed by atoms with Gasteiger partial charge in [0.2, 0.25) is 0 Å². The van der Waals surface area contributed by atoms with Crippen LogP contribution in [0.1, 0.15) is 22.8 Å². The van der Waals surface area contributed by atoms with Gasteiger partial charge in [-0.05, 0) is 31.2 Å². The number of halogens is 1. The summed E-state index contributed by atoms with van der Waals surface area (Å²) >= 11 is 3.40. The Morgan fingerprint density at radius 1 is 1.21 bits per heavy atom. The number of anilines is 1. The third-order valence-corrected chi connectivity index (χ3v) is 5.62. The lowest BCUT2D eigenvalue weighted by Crippen LogP contribution is -2.41. The molecule has 0 spiro atoms. The molecule has 0 aliphatic carbocycles. The van der Waals surface area contributed by atoms with Gasteiger partial charge < -0.3 is 15.4 Å². The van der Waals surface area contributed by atoms with Crippen molar-refractivity contribution in [2.24, 2.45) is 0 Å². The summed E-state index contributed by atoms with van der Waals surface area (Å²) in [5, 5.41) is 5.30. The molecule has 4 amide bonds. The van der Waals surface area contributed by atoms with Crippen molar-refractivity contribution in [1.82, 2.24) is 10.2 Å². The first-order chi connectivity index (χ1) is 13.8. The number of hydrogen-bond donors (Lipinski definition) is 2. The van der Waals surface area contributed by atoms with E-state index in [-0.39, 0.29) is 18.1 Å². The molecule has 1 saturated heterocycles. The molecule has 1 atom stereocenters. The number of nitrogens with zero attached hydrogens (tertiary/aromatic N) is 1. The highest BCUT2D eigenvalue weighted by Crippen LogP contribution is 2.34.